The molecular formula is C13H26N2O2. The predicted molar refractivity (Wildman–Crippen MR) is 71.0 cm³/mol. The molecule has 4 nitrogen and oxygen atoms in total. The summed E-state index contributed by atoms with van der Waals surface area (Å²) in [6.07, 6.45) is 3.72. The molecule has 4 heteroatoms. The van der Waals surface area contributed by atoms with E-state index in [-0.39, 0.29) is 5.97 Å². The fourth-order valence-corrected chi connectivity index (χ4v) is 1.44. The van der Waals surface area contributed by atoms with Crippen molar-refractivity contribution in [3.63, 3.8) is 0 Å². The number of esters is 1. The summed E-state index contributed by atoms with van der Waals surface area (Å²) in [6.45, 7) is 5.89. The van der Waals surface area contributed by atoms with E-state index < -0.39 is 0 Å². The minimum atomic E-state index is -0.227. The molecule has 0 aromatic heterocycles. The van der Waals surface area contributed by atoms with Crippen molar-refractivity contribution in [2.75, 3.05) is 34.3 Å². The Balaban J connectivity index is 3.93. The van der Waals surface area contributed by atoms with E-state index in [1.165, 1.54) is 7.11 Å². The van der Waals surface area contributed by atoms with Crippen LogP contribution in [0.25, 0.3) is 0 Å². The predicted octanol–water partition coefficient (Wildman–Crippen LogP) is 1.43. The van der Waals surface area contributed by atoms with Gasteiger partial charge in [-0.1, -0.05) is 13.0 Å². The number of rotatable bonds is 8. The molecule has 100 valence electrons. The summed E-state index contributed by atoms with van der Waals surface area (Å²) in [5.41, 5.74) is 0.736. The van der Waals surface area contributed by atoms with Crippen LogP contribution in [-0.2, 0) is 9.53 Å². The molecule has 17 heavy (non-hydrogen) atoms. The van der Waals surface area contributed by atoms with Crippen LogP contribution in [0.2, 0.25) is 0 Å². The zero-order valence-corrected chi connectivity index (χ0v) is 11.7. The summed E-state index contributed by atoms with van der Waals surface area (Å²) >= 11 is 0. The van der Waals surface area contributed by atoms with Crippen LogP contribution in [0.5, 0.6) is 0 Å². The lowest BCUT2D eigenvalue weighted by atomic mass is 10.2. The molecule has 0 heterocycles. The number of carbonyl (C=O) groups excluding carboxylic acids is 1. The average molecular weight is 242 g/mol. The average Bonchev–Trinajstić information content (AvgIpc) is 2.31. The molecular weight excluding hydrogens is 216 g/mol. The Kier molecular flexibility index (Phi) is 8.72. The van der Waals surface area contributed by atoms with Crippen LogP contribution < -0.4 is 5.32 Å². The molecule has 0 fully saturated rings. The zero-order valence-electron chi connectivity index (χ0n) is 11.7. The number of methoxy groups -OCH3 is 1. The summed E-state index contributed by atoms with van der Waals surface area (Å²) in [5.74, 6) is -0.227. The molecule has 0 aliphatic carbocycles. The van der Waals surface area contributed by atoms with E-state index in [2.05, 4.69) is 31.2 Å². The molecule has 0 aliphatic heterocycles. The third-order valence-electron chi connectivity index (χ3n) is 2.65. The highest BCUT2D eigenvalue weighted by Crippen LogP contribution is 2.02. The van der Waals surface area contributed by atoms with E-state index in [0.29, 0.717) is 19.0 Å². The van der Waals surface area contributed by atoms with Crippen molar-refractivity contribution in [3.8, 4) is 0 Å². The Hall–Kier alpha value is -0.870. The summed E-state index contributed by atoms with van der Waals surface area (Å²) in [6, 6.07) is 0.449. The van der Waals surface area contributed by atoms with Gasteiger partial charge < -0.3 is 15.0 Å². The van der Waals surface area contributed by atoms with E-state index in [1.807, 2.05) is 13.0 Å². The molecule has 0 bridgehead atoms. The SMILES string of the molecule is CCC(=CCNC(C)CCN(C)C)C(=O)OC. The van der Waals surface area contributed by atoms with Crippen LogP contribution in [0.15, 0.2) is 11.6 Å². The minimum Gasteiger partial charge on any atom is -0.466 e. The fraction of sp³-hybridized carbons (Fsp3) is 0.769. The van der Waals surface area contributed by atoms with Crippen molar-refractivity contribution in [3.05, 3.63) is 11.6 Å². The lowest BCUT2D eigenvalue weighted by Crippen LogP contribution is -2.30. The second-order valence-electron chi connectivity index (χ2n) is 4.48. The largest absolute Gasteiger partial charge is 0.466 e. The van der Waals surface area contributed by atoms with Crippen molar-refractivity contribution >= 4 is 5.97 Å². The monoisotopic (exact) mass is 242 g/mol. The first-order valence-electron chi connectivity index (χ1n) is 6.16. The highest BCUT2D eigenvalue weighted by atomic mass is 16.5. The Bertz CT molecular complexity index is 250. The fourth-order valence-electron chi connectivity index (χ4n) is 1.44. The van der Waals surface area contributed by atoms with Gasteiger partial charge in [-0.3, -0.25) is 0 Å². The lowest BCUT2D eigenvalue weighted by Gasteiger charge is -2.15. The van der Waals surface area contributed by atoms with Crippen molar-refractivity contribution in [2.45, 2.75) is 32.7 Å². The maximum atomic E-state index is 11.3. The van der Waals surface area contributed by atoms with Gasteiger partial charge in [0.2, 0.25) is 0 Å². The van der Waals surface area contributed by atoms with Crippen LogP contribution >= 0.6 is 0 Å². The van der Waals surface area contributed by atoms with Crippen LogP contribution in [0.4, 0.5) is 0 Å². The van der Waals surface area contributed by atoms with Gasteiger partial charge >= 0.3 is 5.97 Å². The summed E-state index contributed by atoms with van der Waals surface area (Å²) in [7, 11) is 5.55. The van der Waals surface area contributed by atoms with Gasteiger partial charge in [0, 0.05) is 18.2 Å². The van der Waals surface area contributed by atoms with Crippen LogP contribution in [0.3, 0.4) is 0 Å². The highest BCUT2D eigenvalue weighted by Gasteiger charge is 2.06. The van der Waals surface area contributed by atoms with Crippen LogP contribution in [0.1, 0.15) is 26.7 Å². The van der Waals surface area contributed by atoms with Gasteiger partial charge in [0.15, 0.2) is 0 Å². The molecule has 0 saturated heterocycles. The Morgan fingerprint density at radius 2 is 2.12 bits per heavy atom. The number of nitrogens with one attached hydrogen (secondary N) is 1. The van der Waals surface area contributed by atoms with Crippen LogP contribution in [0, 0.1) is 0 Å². The molecule has 1 N–H and O–H groups in total. The molecule has 0 aromatic carbocycles. The third-order valence-corrected chi connectivity index (χ3v) is 2.65. The zero-order chi connectivity index (χ0) is 13.3. The molecule has 0 spiro atoms. The Morgan fingerprint density at radius 3 is 2.59 bits per heavy atom. The van der Waals surface area contributed by atoms with Crippen molar-refractivity contribution in [2.24, 2.45) is 0 Å². The number of hydrogen-bond donors (Lipinski definition) is 1. The first-order chi connectivity index (χ1) is 8.01. The second-order valence-corrected chi connectivity index (χ2v) is 4.48. The molecule has 0 aromatic rings. The van der Waals surface area contributed by atoms with Gasteiger partial charge in [-0.05, 0) is 40.4 Å². The molecule has 0 rings (SSSR count). The van der Waals surface area contributed by atoms with E-state index in [9.17, 15) is 4.79 Å². The first-order valence-corrected chi connectivity index (χ1v) is 6.16. The highest BCUT2D eigenvalue weighted by molar-refractivity contribution is 5.88. The summed E-state index contributed by atoms with van der Waals surface area (Å²) in [5, 5.41) is 3.37. The van der Waals surface area contributed by atoms with Gasteiger partial charge in [-0.2, -0.15) is 0 Å². The first kappa shape index (κ1) is 16.1. The second kappa shape index (κ2) is 9.19. The van der Waals surface area contributed by atoms with Gasteiger partial charge in [0.25, 0.3) is 0 Å². The maximum Gasteiger partial charge on any atom is 0.333 e. The van der Waals surface area contributed by atoms with E-state index >= 15 is 0 Å². The molecule has 0 aliphatic rings. The smallest absolute Gasteiger partial charge is 0.333 e. The lowest BCUT2D eigenvalue weighted by molar-refractivity contribution is -0.136. The minimum absolute atomic E-state index is 0.227. The van der Waals surface area contributed by atoms with E-state index in [0.717, 1.165) is 18.5 Å². The maximum absolute atomic E-state index is 11.3. The number of hydrogen-bond acceptors (Lipinski definition) is 4. The normalized spacial score (nSPS) is 13.9. The molecule has 1 atom stereocenters. The van der Waals surface area contributed by atoms with Gasteiger partial charge in [0.1, 0.15) is 0 Å². The van der Waals surface area contributed by atoms with Gasteiger partial charge in [0.05, 0.1) is 7.11 Å². The third kappa shape index (κ3) is 7.94. The van der Waals surface area contributed by atoms with Crippen molar-refractivity contribution < 1.29 is 9.53 Å². The Morgan fingerprint density at radius 1 is 1.47 bits per heavy atom. The van der Waals surface area contributed by atoms with Gasteiger partial charge in [-0.25, -0.2) is 4.79 Å². The van der Waals surface area contributed by atoms with Crippen molar-refractivity contribution in [1.29, 1.82) is 0 Å². The Labute approximate surface area is 105 Å². The van der Waals surface area contributed by atoms with E-state index in [4.69, 9.17) is 4.74 Å². The van der Waals surface area contributed by atoms with E-state index in [1.54, 1.807) is 0 Å². The standard InChI is InChI=1S/C13H26N2O2/c1-6-12(13(16)17-5)7-9-14-11(2)8-10-15(3)4/h7,11,14H,6,8-10H2,1-5H3. The summed E-state index contributed by atoms with van der Waals surface area (Å²) in [4.78, 5) is 13.5. The molecule has 0 saturated carbocycles. The topological polar surface area (TPSA) is 41.6 Å². The molecule has 0 radical (unpaired) electrons. The van der Waals surface area contributed by atoms with Gasteiger partial charge in [-0.15, -0.1) is 0 Å². The summed E-state index contributed by atoms with van der Waals surface area (Å²) < 4.78 is 4.70. The van der Waals surface area contributed by atoms with Crippen molar-refractivity contribution in [1.82, 2.24) is 10.2 Å². The quantitative estimate of drug-likeness (QED) is 0.516. The molecule has 0 amide bonds. The number of carbonyl (C=O) groups is 1. The molecule has 1 unspecified atom stereocenters. The van der Waals surface area contributed by atoms with Crippen LogP contribution in [-0.4, -0.2) is 51.2 Å². The number of ether oxygens (including phenoxy) is 1. The number of nitrogens with zero attached hydrogens (tertiary/aromatic N) is 1.